The molecule has 0 aromatic carbocycles. The van der Waals surface area contributed by atoms with Gasteiger partial charge in [0.05, 0.1) is 0 Å². The molecule has 1 rings (SSSR count). The monoisotopic (exact) mass is 141 g/mol. The number of halogens is 1. The van der Waals surface area contributed by atoms with Gasteiger partial charge in [-0.05, 0) is 0 Å². The van der Waals surface area contributed by atoms with Crippen LogP contribution in [0.1, 0.15) is 0 Å². The highest BCUT2D eigenvalue weighted by atomic mass is 35.5. The summed E-state index contributed by atoms with van der Waals surface area (Å²) >= 11 is 0. The van der Waals surface area contributed by atoms with Gasteiger partial charge >= 0.3 is 0 Å². The Bertz CT molecular complexity index is 49.5. The number of nitrogens with two attached hydrogens (primary N) is 1. The van der Waals surface area contributed by atoms with Crippen molar-refractivity contribution in [2.75, 3.05) is 0 Å². The van der Waals surface area contributed by atoms with Gasteiger partial charge in [0, 0.05) is 16.2 Å². The average Bonchev–Trinajstić information content (AvgIpc) is 1.76. The Kier molecular flexibility index (Phi) is 4.31. The van der Waals surface area contributed by atoms with Crippen molar-refractivity contribution in [3.63, 3.8) is 0 Å². The van der Waals surface area contributed by atoms with Gasteiger partial charge in [-0.25, -0.2) is 4.72 Å². The number of rotatable bonds is 0. The van der Waals surface area contributed by atoms with Crippen molar-refractivity contribution < 1.29 is 17.1 Å². The summed E-state index contributed by atoms with van der Waals surface area (Å²) in [7, 11) is 3.51. The number of hydrogen-bond donors (Lipinski definition) is 1. The Morgan fingerprint density at radius 3 is 2.50 bits per heavy atom. The Hall–Kier alpha value is 0.690. The predicted molar refractivity (Wildman–Crippen MR) is 26.2 cm³/mol. The van der Waals surface area contributed by atoms with E-state index in [0.29, 0.717) is 0 Å². The highest BCUT2D eigenvalue weighted by molar-refractivity contribution is 8.75. The van der Waals surface area contributed by atoms with Crippen LogP contribution in [0.4, 0.5) is 0 Å². The maximum Gasteiger partial charge on any atom is 0.153 e. The Balaban J connectivity index is 0.000000250. The predicted octanol–water partition coefficient (Wildman–Crippen LogP) is -2.67. The highest BCUT2D eigenvalue weighted by Crippen LogP contribution is 2.15. The van der Waals surface area contributed by atoms with Gasteiger partial charge in [0.2, 0.25) is 0 Å². The molecular formula is C2H4ClNS2. The fraction of sp³-hybridized carbons (Fsp3) is 0. The summed E-state index contributed by atoms with van der Waals surface area (Å²) in [5.74, 6) is 0. The molecular weight excluding hydrogens is 138 g/mol. The van der Waals surface area contributed by atoms with E-state index in [-0.39, 0.29) is 12.4 Å². The first-order valence-corrected chi connectivity index (χ1v) is 3.58. The molecule has 0 saturated carbocycles. The molecule has 0 spiro atoms. The van der Waals surface area contributed by atoms with E-state index in [9.17, 15) is 0 Å². The minimum Gasteiger partial charge on any atom is -1.00 e. The summed E-state index contributed by atoms with van der Waals surface area (Å²) in [6, 6.07) is 0. The molecule has 6 heavy (non-hydrogen) atoms. The third kappa shape index (κ3) is 1.97. The zero-order chi connectivity index (χ0) is 3.54. The highest BCUT2D eigenvalue weighted by Gasteiger charge is 1.91. The molecule has 0 aliphatic carbocycles. The van der Waals surface area contributed by atoms with Crippen LogP contribution >= 0.6 is 21.8 Å². The van der Waals surface area contributed by atoms with E-state index in [4.69, 9.17) is 0 Å². The summed E-state index contributed by atoms with van der Waals surface area (Å²) in [5, 5.41) is 2.06. The lowest BCUT2D eigenvalue weighted by Gasteiger charge is -1.66. The van der Waals surface area contributed by atoms with Crippen molar-refractivity contribution in [2.24, 2.45) is 0 Å². The van der Waals surface area contributed by atoms with Crippen molar-refractivity contribution in [1.29, 1.82) is 0 Å². The molecule has 2 N–H and O–H groups in total. The van der Waals surface area contributed by atoms with Crippen LogP contribution in [0.5, 0.6) is 0 Å². The van der Waals surface area contributed by atoms with E-state index in [2.05, 4.69) is 10.1 Å². The summed E-state index contributed by atoms with van der Waals surface area (Å²) in [6.07, 6.45) is 2.04. The Morgan fingerprint density at radius 2 is 2.33 bits per heavy atom. The smallest absolute Gasteiger partial charge is 0.153 e. The molecule has 1 heterocycles. The Morgan fingerprint density at radius 1 is 1.50 bits per heavy atom. The van der Waals surface area contributed by atoms with Gasteiger partial charge in [0.15, 0.2) is 11.0 Å². The lowest BCUT2D eigenvalue weighted by molar-refractivity contribution is -0.391. The Labute approximate surface area is 50.9 Å². The fourth-order valence-electron chi connectivity index (χ4n) is 0.160. The minimum atomic E-state index is 0. The average molecular weight is 142 g/mol. The zero-order valence-corrected chi connectivity index (χ0v) is 5.32. The molecule has 0 bridgehead atoms. The first-order valence-electron chi connectivity index (χ1n) is 1.30. The van der Waals surface area contributed by atoms with Crippen molar-refractivity contribution in [2.45, 2.75) is 0 Å². The SMILES string of the molecule is C1=CSS[NH2+]1.[Cl-]. The van der Waals surface area contributed by atoms with Crippen molar-refractivity contribution in [3.8, 4) is 0 Å². The molecule has 0 amide bonds. The maximum absolute atomic E-state index is 2.06. The van der Waals surface area contributed by atoms with Crippen molar-refractivity contribution in [1.82, 2.24) is 0 Å². The van der Waals surface area contributed by atoms with Crippen LogP contribution in [0.2, 0.25) is 0 Å². The van der Waals surface area contributed by atoms with Gasteiger partial charge in [0.1, 0.15) is 6.20 Å². The van der Waals surface area contributed by atoms with Crippen LogP contribution in [0.25, 0.3) is 0 Å². The van der Waals surface area contributed by atoms with Gasteiger partial charge in [0.25, 0.3) is 0 Å². The molecule has 0 aromatic rings. The second-order valence-electron chi connectivity index (χ2n) is 0.657. The second kappa shape index (κ2) is 3.87. The van der Waals surface area contributed by atoms with Crippen LogP contribution in [-0.2, 0) is 0 Å². The van der Waals surface area contributed by atoms with Crippen LogP contribution in [0.3, 0.4) is 0 Å². The number of quaternary nitrogens is 1. The van der Waals surface area contributed by atoms with Crippen molar-refractivity contribution in [3.05, 3.63) is 11.6 Å². The molecule has 4 heteroatoms. The minimum absolute atomic E-state index is 0. The quantitative estimate of drug-likeness (QED) is 0.293. The van der Waals surface area contributed by atoms with E-state index in [1.54, 1.807) is 21.8 Å². The molecule has 1 aliphatic heterocycles. The van der Waals surface area contributed by atoms with E-state index < -0.39 is 0 Å². The first kappa shape index (κ1) is 6.69. The zero-order valence-electron chi connectivity index (χ0n) is 2.93. The van der Waals surface area contributed by atoms with Crippen LogP contribution in [-0.4, -0.2) is 0 Å². The van der Waals surface area contributed by atoms with Gasteiger partial charge in [-0.15, -0.1) is 0 Å². The van der Waals surface area contributed by atoms with Gasteiger partial charge in [-0.3, -0.25) is 0 Å². The molecule has 0 atom stereocenters. The molecule has 0 unspecified atom stereocenters. The van der Waals surface area contributed by atoms with E-state index in [1.807, 2.05) is 6.20 Å². The molecule has 0 fully saturated rings. The third-order valence-electron chi connectivity index (χ3n) is 0.324. The van der Waals surface area contributed by atoms with Gasteiger partial charge < -0.3 is 12.4 Å². The molecule has 0 saturated heterocycles. The van der Waals surface area contributed by atoms with E-state index in [1.165, 1.54) is 0 Å². The van der Waals surface area contributed by atoms with Crippen LogP contribution < -0.4 is 17.1 Å². The number of hydrogen-bond acceptors (Lipinski definition) is 2. The van der Waals surface area contributed by atoms with E-state index >= 15 is 0 Å². The normalized spacial score (nSPS) is 17.3. The second-order valence-corrected chi connectivity index (χ2v) is 2.74. The lowest BCUT2D eigenvalue weighted by atomic mass is 11.1. The summed E-state index contributed by atoms with van der Waals surface area (Å²) < 4.78 is 2.06. The molecule has 0 radical (unpaired) electrons. The van der Waals surface area contributed by atoms with Gasteiger partial charge in [-0.2, -0.15) is 0 Å². The summed E-state index contributed by atoms with van der Waals surface area (Å²) in [4.78, 5) is 0. The van der Waals surface area contributed by atoms with Crippen LogP contribution in [0, 0.1) is 0 Å². The first-order chi connectivity index (χ1) is 2.50. The summed E-state index contributed by atoms with van der Waals surface area (Å²) in [5.41, 5.74) is 0. The largest absolute Gasteiger partial charge is 1.00 e. The molecule has 36 valence electrons. The third-order valence-corrected chi connectivity index (χ3v) is 1.97. The van der Waals surface area contributed by atoms with Gasteiger partial charge in [-0.1, -0.05) is 0 Å². The maximum atomic E-state index is 2.06. The van der Waals surface area contributed by atoms with Crippen molar-refractivity contribution >= 4 is 21.8 Å². The molecule has 1 nitrogen and oxygen atoms in total. The standard InChI is InChI=1S/C2H3NS2.ClH/c1-2-4-5-3-1;/h1-3H;1H. The summed E-state index contributed by atoms with van der Waals surface area (Å²) in [6.45, 7) is 0. The molecule has 0 aromatic heterocycles. The topological polar surface area (TPSA) is 16.6 Å². The van der Waals surface area contributed by atoms with Crippen LogP contribution in [0.15, 0.2) is 11.6 Å². The molecule has 1 aliphatic rings. The van der Waals surface area contributed by atoms with E-state index in [0.717, 1.165) is 0 Å². The fourth-order valence-corrected chi connectivity index (χ4v) is 1.44. The lowest BCUT2D eigenvalue weighted by Crippen LogP contribution is -3.00.